The summed E-state index contributed by atoms with van der Waals surface area (Å²) in [5.41, 5.74) is 3.22. The maximum Gasteiger partial charge on any atom is 0.100 e. The van der Waals surface area contributed by atoms with Gasteiger partial charge in [0.2, 0.25) is 0 Å². The van der Waals surface area contributed by atoms with Crippen LogP contribution in [-0.2, 0) is 0 Å². The molecule has 0 aliphatic carbocycles. The maximum atomic E-state index is 9.71. The molecule has 0 unspecified atom stereocenters. The third-order valence-electron chi connectivity index (χ3n) is 4.31. The predicted octanol–water partition coefficient (Wildman–Crippen LogP) is 5.88. The van der Waals surface area contributed by atoms with Crippen LogP contribution in [0, 0.1) is 22.7 Å². The van der Waals surface area contributed by atoms with Gasteiger partial charge in [0.1, 0.15) is 12.1 Å². The van der Waals surface area contributed by atoms with E-state index in [2.05, 4.69) is 18.7 Å². The van der Waals surface area contributed by atoms with Crippen molar-refractivity contribution in [3.05, 3.63) is 89.5 Å². The first kappa shape index (κ1) is 16.2. The molecule has 2 heteroatoms. The Morgan fingerprint density at radius 2 is 1.52 bits per heavy atom. The van der Waals surface area contributed by atoms with Crippen LogP contribution in [0.5, 0.6) is 0 Å². The number of benzene rings is 3. The van der Waals surface area contributed by atoms with Gasteiger partial charge in [-0.05, 0) is 24.1 Å². The molecule has 0 fully saturated rings. The second kappa shape index (κ2) is 6.87. The van der Waals surface area contributed by atoms with Crippen LogP contribution in [0.4, 0.5) is 0 Å². The Balaban J connectivity index is 2.34. The highest BCUT2D eigenvalue weighted by molar-refractivity contribution is 6.09. The fourth-order valence-electron chi connectivity index (χ4n) is 3.02. The van der Waals surface area contributed by atoms with Crippen LogP contribution in [0.1, 0.15) is 23.6 Å². The van der Waals surface area contributed by atoms with Crippen molar-refractivity contribution in [2.75, 3.05) is 0 Å². The topological polar surface area (TPSA) is 47.6 Å². The molecule has 118 valence electrons. The van der Waals surface area contributed by atoms with Crippen LogP contribution >= 0.6 is 0 Å². The summed E-state index contributed by atoms with van der Waals surface area (Å²) < 4.78 is 0. The molecule has 0 saturated heterocycles. The van der Waals surface area contributed by atoms with Gasteiger partial charge in [0, 0.05) is 21.5 Å². The molecule has 0 amide bonds. The number of hydrogen-bond acceptors (Lipinski definition) is 2. The van der Waals surface area contributed by atoms with Crippen LogP contribution in [0.2, 0.25) is 0 Å². The minimum absolute atomic E-state index is 0.606. The van der Waals surface area contributed by atoms with Gasteiger partial charge in [-0.15, -0.1) is 0 Å². The SMILES string of the molecule is C=C/C(C=Cc1ccc2c(C#N)c3ccccc3c(C#N)c2c1)=C\C. The third kappa shape index (κ3) is 2.82. The average molecular weight is 320 g/mol. The van der Waals surface area contributed by atoms with Crippen LogP contribution in [0.3, 0.4) is 0 Å². The van der Waals surface area contributed by atoms with Gasteiger partial charge in [-0.25, -0.2) is 0 Å². The summed E-state index contributed by atoms with van der Waals surface area (Å²) in [6.07, 6.45) is 7.73. The van der Waals surface area contributed by atoms with E-state index in [0.29, 0.717) is 11.1 Å². The molecule has 0 aliphatic heterocycles. The van der Waals surface area contributed by atoms with Gasteiger partial charge in [-0.1, -0.05) is 67.3 Å². The van der Waals surface area contributed by atoms with E-state index in [1.165, 1.54) is 0 Å². The van der Waals surface area contributed by atoms with Gasteiger partial charge >= 0.3 is 0 Å². The van der Waals surface area contributed by atoms with Gasteiger partial charge in [0.15, 0.2) is 0 Å². The molecule has 3 aromatic carbocycles. The molecule has 0 radical (unpaired) electrons. The van der Waals surface area contributed by atoms with Crippen LogP contribution in [0.15, 0.2) is 72.8 Å². The van der Waals surface area contributed by atoms with Crippen molar-refractivity contribution in [3.8, 4) is 12.1 Å². The van der Waals surface area contributed by atoms with Crippen molar-refractivity contribution < 1.29 is 0 Å². The fourth-order valence-corrected chi connectivity index (χ4v) is 3.02. The van der Waals surface area contributed by atoms with Gasteiger partial charge in [-0.2, -0.15) is 10.5 Å². The van der Waals surface area contributed by atoms with Gasteiger partial charge in [0.25, 0.3) is 0 Å². The van der Waals surface area contributed by atoms with Crippen molar-refractivity contribution in [2.45, 2.75) is 6.92 Å². The molecular formula is C23H16N2. The van der Waals surface area contributed by atoms with E-state index in [-0.39, 0.29) is 0 Å². The number of rotatable bonds is 3. The number of nitriles is 2. The summed E-state index contributed by atoms with van der Waals surface area (Å²) >= 11 is 0. The molecule has 0 aliphatic rings. The first-order valence-corrected chi connectivity index (χ1v) is 7.99. The highest BCUT2D eigenvalue weighted by Crippen LogP contribution is 2.33. The number of nitrogens with zero attached hydrogens (tertiary/aromatic N) is 2. The van der Waals surface area contributed by atoms with Gasteiger partial charge < -0.3 is 0 Å². The largest absolute Gasteiger partial charge is 0.192 e. The second-order valence-electron chi connectivity index (χ2n) is 5.65. The first-order valence-electron chi connectivity index (χ1n) is 7.99. The van der Waals surface area contributed by atoms with Crippen LogP contribution in [-0.4, -0.2) is 0 Å². The highest BCUT2D eigenvalue weighted by Gasteiger charge is 2.13. The molecular weight excluding hydrogens is 304 g/mol. The molecule has 0 N–H and O–H groups in total. The van der Waals surface area contributed by atoms with Crippen molar-refractivity contribution >= 4 is 27.6 Å². The molecule has 0 aromatic heterocycles. The average Bonchev–Trinajstić information content (AvgIpc) is 2.66. The molecule has 0 saturated carbocycles. The summed E-state index contributed by atoms with van der Waals surface area (Å²) in [6, 6.07) is 18.0. The molecule has 0 heterocycles. The van der Waals surface area contributed by atoms with Crippen LogP contribution in [0.25, 0.3) is 27.6 Å². The van der Waals surface area contributed by atoms with Crippen molar-refractivity contribution in [1.82, 2.24) is 0 Å². The van der Waals surface area contributed by atoms with Crippen molar-refractivity contribution in [2.24, 2.45) is 0 Å². The lowest BCUT2D eigenvalue weighted by Gasteiger charge is -2.09. The van der Waals surface area contributed by atoms with Crippen molar-refractivity contribution in [1.29, 1.82) is 10.5 Å². The number of allylic oxidation sites excluding steroid dienone is 4. The number of hydrogen-bond donors (Lipinski definition) is 0. The molecule has 2 nitrogen and oxygen atoms in total. The van der Waals surface area contributed by atoms with Gasteiger partial charge in [0.05, 0.1) is 11.1 Å². The molecule has 25 heavy (non-hydrogen) atoms. The van der Waals surface area contributed by atoms with E-state index in [4.69, 9.17) is 0 Å². The fraction of sp³-hybridized carbons (Fsp3) is 0.0435. The van der Waals surface area contributed by atoms with Crippen LogP contribution < -0.4 is 0 Å². The zero-order chi connectivity index (χ0) is 17.8. The Kier molecular flexibility index (Phi) is 4.46. The zero-order valence-electron chi connectivity index (χ0n) is 14.0. The Hall–Kier alpha value is -3.62. The minimum Gasteiger partial charge on any atom is -0.192 e. The second-order valence-corrected chi connectivity index (χ2v) is 5.65. The molecule has 3 rings (SSSR count). The third-order valence-corrected chi connectivity index (χ3v) is 4.31. The standard InChI is InChI=1S/C23H16N2/c1-3-16(4-2)9-10-17-11-12-20-21(13-17)23(15-25)19-8-6-5-7-18(19)22(20)14-24/h3-13H,1H2,2H3/b10-9?,16-4+. The summed E-state index contributed by atoms with van der Waals surface area (Å²) in [4.78, 5) is 0. The molecule has 3 aromatic rings. The zero-order valence-corrected chi connectivity index (χ0v) is 14.0. The Morgan fingerprint density at radius 3 is 2.08 bits per heavy atom. The Bertz CT molecular complexity index is 1130. The molecule has 0 atom stereocenters. The van der Waals surface area contributed by atoms with E-state index in [1.807, 2.05) is 67.6 Å². The summed E-state index contributed by atoms with van der Waals surface area (Å²) in [6.45, 7) is 5.74. The lowest BCUT2D eigenvalue weighted by Crippen LogP contribution is -1.90. The van der Waals surface area contributed by atoms with Crippen molar-refractivity contribution in [3.63, 3.8) is 0 Å². The van der Waals surface area contributed by atoms with E-state index in [1.54, 1.807) is 6.08 Å². The smallest absolute Gasteiger partial charge is 0.100 e. The van der Waals surface area contributed by atoms with E-state index in [0.717, 1.165) is 32.7 Å². The van der Waals surface area contributed by atoms with Gasteiger partial charge in [-0.3, -0.25) is 0 Å². The van der Waals surface area contributed by atoms with E-state index >= 15 is 0 Å². The lowest BCUT2D eigenvalue weighted by molar-refractivity contribution is 1.50. The van der Waals surface area contributed by atoms with E-state index in [9.17, 15) is 10.5 Å². The lowest BCUT2D eigenvalue weighted by atomic mass is 9.91. The monoisotopic (exact) mass is 320 g/mol. The quantitative estimate of drug-likeness (QED) is 0.447. The summed E-state index contributed by atoms with van der Waals surface area (Å²) in [7, 11) is 0. The molecule has 0 spiro atoms. The molecule has 0 bridgehead atoms. The minimum atomic E-state index is 0.606. The highest BCUT2D eigenvalue weighted by atomic mass is 14.3. The first-order chi connectivity index (χ1) is 12.2. The number of fused-ring (bicyclic) bond motifs is 2. The predicted molar refractivity (Wildman–Crippen MR) is 104 cm³/mol. The van der Waals surface area contributed by atoms with E-state index < -0.39 is 0 Å². The maximum absolute atomic E-state index is 9.71. The summed E-state index contributed by atoms with van der Waals surface area (Å²) in [5.74, 6) is 0. The summed E-state index contributed by atoms with van der Waals surface area (Å²) in [5, 5.41) is 22.6. The Labute approximate surface area is 147 Å². The Morgan fingerprint density at radius 1 is 0.920 bits per heavy atom. The normalized spacial score (nSPS) is 11.6.